The summed E-state index contributed by atoms with van der Waals surface area (Å²) in [5.41, 5.74) is -0.232. The molecule has 114 valence electrons. The zero-order valence-corrected chi connectivity index (χ0v) is 10.9. The molecule has 1 aliphatic rings. The van der Waals surface area contributed by atoms with E-state index in [4.69, 9.17) is 10.9 Å². The second kappa shape index (κ2) is 5.75. The number of hydrogen-bond acceptors (Lipinski definition) is 7. The second-order valence-electron chi connectivity index (χ2n) is 4.66. The van der Waals surface area contributed by atoms with Crippen molar-refractivity contribution in [2.45, 2.75) is 18.9 Å². The number of nitrogens with two attached hydrogens (primary N) is 1. The maximum Gasteiger partial charge on any atom is 0.421 e. The van der Waals surface area contributed by atoms with Crippen LogP contribution in [0.2, 0.25) is 0 Å². The molecule has 1 fully saturated rings. The summed E-state index contributed by atoms with van der Waals surface area (Å²) in [6.07, 6.45) is -0.00515. The first-order chi connectivity index (χ1) is 9.90. The molecule has 1 unspecified atom stereocenters. The number of nitrogens with one attached hydrogen (secondary N) is 1. The Hall–Kier alpha value is -2.69. The number of hydrogen-bond donors (Lipinski definition) is 3. The van der Waals surface area contributed by atoms with Crippen molar-refractivity contribution in [1.29, 1.82) is 0 Å². The summed E-state index contributed by atoms with van der Waals surface area (Å²) >= 11 is 0. The fourth-order valence-electron chi connectivity index (χ4n) is 2.25. The number of ketones is 1. The van der Waals surface area contributed by atoms with Gasteiger partial charge in [0.05, 0.1) is 17.5 Å². The fraction of sp³-hybridized carbons (Fsp3) is 0.500. The number of nitrogens with zero attached hydrogens (tertiary/aromatic N) is 4. The number of hydrazine groups is 1. The van der Waals surface area contributed by atoms with Gasteiger partial charge in [0.15, 0.2) is 5.78 Å². The van der Waals surface area contributed by atoms with Gasteiger partial charge in [-0.1, -0.05) is 0 Å². The van der Waals surface area contributed by atoms with Crippen molar-refractivity contribution < 1.29 is 19.6 Å². The number of amides is 1. The number of nitro groups is 1. The van der Waals surface area contributed by atoms with Gasteiger partial charge in [0, 0.05) is 13.0 Å². The molecule has 11 heteroatoms. The molecule has 2 heterocycles. The van der Waals surface area contributed by atoms with Crippen LogP contribution < -0.4 is 10.7 Å². The number of H-pyrrole nitrogens is 1. The molecular weight excluding hydrogens is 284 g/mol. The summed E-state index contributed by atoms with van der Waals surface area (Å²) in [4.78, 5) is 34.5. The van der Waals surface area contributed by atoms with Crippen LogP contribution >= 0.6 is 0 Å². The minimum Gasteiger partial charge on any atom is -0.464 e. The molecule has 4 N–H and O–H groups in total. The molecule has 1 atom stereocenters. The van der Waals surface area contributed by atoms with Crippen LogP contribution in [0.5, 0.6) is 0 Å². The van der Waals surface area contributed by atoms with Gasteiger partial charge in [-0.2, -0.15) is 5.10 Å². The van der Waals surface area contributed by atoms with Gasteiger partial charge in [-0.3, -0.25) is 20.0 Å². The first kappa shape index (κ1) is 14.7. The summed E-state index contributed by atoms with van der Waals surface area (Å²) in [6, 6.07) is -0.651. The lowest BCUT2D eigenvalue weighted by Crippen LogP contribution is -2.45. The summed E-state index contributed by atoms with van der Waals surface area (Å²) in [6.45, 7) is 0.188. The monoisotopic (exact) mass is 298 g/mol. The third kappa shape index (κ3) is 3.08. The topological polar surface area (TPSA) is 159 Å². The summed E-state index contributed by atoms with van der Waals surface area (Å²) in [7, 11) is 0. The predicted octanol–water partition coefficient (Wildman–Crippen LogP) is -0.290. The maximum absolute atomic E-state index is 11.9. The molecule has 21 heavy (non-hydrogen) atoms. The van der Waals surface area contributed by atoms with E-state index in [0.29, 0.717) is 5.01 Å². The van der Waals surface area contributed by atoms with Gasteiger partial charge in [-0.15, -0.1) is 0 Å². The molecule has 1 aliphatic heterocycles. The highest BCUT2D eigenvalue weighted by molar-refractivity contribution is 5.85. The number of rotatable bonds is 3. The zero-order valence-electron chi connectivity index (χ0n) is 10.9. The largest absolute Gasteiger partial charge is 0.464 e. The number of aromatic nitrogens is 2. The van der Waals surface area contributed by atoms with Crippen LogP contribution in [-0.2, 0) is 4.79 Å². The lowest BCUT2D eigenvalue weighted by molar-refractivity contribution is -0.384. The van der Waals surface area contributed by atoms with Gasteiger partial charge < -0.3 is 10.0 Å². The van der Waals surface area contributed by atoms with Crippen LogP contribution in [-0.4, -0.2) is 56.2 Å². The number of carbonyl (C=O) groups excluding carboxylic acids is 1. The number of carboxylic acid groups (broad SMARTS) is 1. The second-order valence-corrected chi connectivity index (χ2v) is 4.66. The van der Waals surface area contributed by atoms with Crippen LogP contribution in [0.1, 0.15) is 12.8 Å². The molecule has 0 bridgehead atoms. The van der Waals surface area contributed by atoms with Crippen molar-refractivity contribution in [1.82, 2.24) is 15.2 Å². The van der Waals surface area contributed by atoms with Gasteiger partial charge >= 0.3 is 11.8 Å². The van der Waals surface area contributed by atoms with Gasteiger partial charge in [0.2, 0.25) is 5.82 Å². The van der Waals surface area contributed by atoms with Crippen LogP contribution in [0, 0.1) is 10.1 Å². The average molecular weight is 298 g/mol. The van der Waals surface area contributed by atoms with Gasteiger partial charge in [-0.25, -0.2) is 15.6 Å². The Bertz CT molecular complexity index is 572. The molecule has 0 radical (unpaired) electrons. The number of Topliss-reactive ketones (excluding diaryl/α,β-unsaturated/α-hetero) is 1. The smallest absolute Gasteiger partial charge is 0.421 e. The van der Waals surface area contributed by atoms with Crippen molar-refractivity contribution in [2.24, 2.45) is 5.84 Å². The first-order valence-corrected chi connectivity index (χ1v) is 6.11. The molecule has 0 aliphatic carbocycles. The van der Waals surface area contributed by atoms with Crippen molar-refractivity contribution in [3.63, 3.8) is 0 Å². The Morgan fingerprint density at radius 1 is 1.67 bits per heavy atom. The molecular formula is C10H14N6O5. The lowest BCUT2D eigenvalue weighted by Gasteiger charge is -2.23. The third-order valence-electron chi connectivity index (χ3n) is 3.29. The minimum atomic E-state index is -1.33. The molecule has 0 aromatic carbocycles. The van der Waals surface area contributed by atoms with Crippen LogP contribution in [0.3, 0.4) is 0 Å². The highest BCUT2D eigenvalue weighted by atomic mass is 16.6. The zero-order chi connectivity index (χ0) is 15.6. The Morgan fingerprint density at radius 2 is 2.38 bits per heavy atom. The Kier molecular flexibility index (Phi) is 4.03. The molecule has 0 spiro atoms. The quantitative estimate of drug-likeness (QED) is 0.297. The van der Waals surface area contributed by atoms with Crippen LogP contribution in [0.25, 0.3) is 0 Å². The highest BCUT2D eigenvalue weighted by Crippen LogP contribution is 2.26. The average Bonchev–Trinajstić information content (AvgIpc) is 2.82. The van der Waals surface area contributed by atoms with E-state index in [1.54, 1.807) is 0 Å². The Labute approximate surface area is 118 Å². The molecule has 2 rings (SSSR count). The normalized spacial score (nSPS) is 19.2. The highest BCUT2D eigenvalue weighted by Gasteiger charge is 2.31. The first-order valence-electron chi connectivity index (χ1n) is 6.11. The standard InChI is InChI=1S/C10H14N6O5/c11-15(10(18)19)6-1-2-14(5-7(17)3-6)9-8(16(20)21)4-12-13-9/h4,6H,1-3,5,11H2,(H,12,13)(H,18,19). The van der Waals surface area contributed by atoms with E-state index < -0.39 is 17.1 Å². The van der Waals surface area contributed by atoms with Gasteiger partial charge in [0.25, 0.3) is 0 Å². The van der Waals surface area contributed by atoms with Gasteiger partial charge in [0.1, 0.15) is 6.20 Å². The van der Waals surface area contributed by atoms with E-state index in [0.717, 1.165) is 6.20 Å². The Balaban J connectivity index is 2.18. The van der Waals surface area contributed by atoms with E-state index in [2.05, 4.69) is 10.2 Å². The molecule has 11 nitrogen and oxygen atoms in total. The molecule has 1 aromatic heterocycles. The maximum atomic E-state index is 11.9. The summed E-state index contributed by atoms with van der Waals surface area (Å²) < 4.78 is 0. The lowest BCUT2D eigenvalue weighted by atomic mass is 10.1. The summed E-state index contributed by atoms with van der Waals surface area (Å²) in [5.74, 6) is 5.28. The number of carbonyl (C=O) groups is 2. The van der Waals surface area contributed by atoms with Crippen molar-refractivity contribution in [3.8, 4) is 0 Å². The van der Waals surface area contributed by atoms with E-state index in [9.17, 15) is 19.7 Å². The number of aromatic amines is 1. The summed E-state index contributed by atoms with van der Waals surface area (Å²) in [5, 5.41) is 26.4. The molecule has 0 saturated carbocycles. The Morgan fingerprint density at radius 3 is 3.00 bits per heavy atom. The molecule has 1 amide bonds. The van der Waals surface area contributed by atoms with Crippen LogP contribution in [0.15, 0.2) is 6.20 Å². The predicted molar refractivity (Wildman–Crippen MR) is 69.5 cm³/mol. The van der Waals surface area contributed by atoms with E-state index in [1.165, 1.54) is 4.90 Å². The van der Waals surface area contributed by atoms with E-state index in [-0.39, 0.29) is 43.2 Å². The third-order valence-corrected chi connectivity index (χ3v) is 3.29. The van der Waals surface area contributed by atoms with E-state index >= 15 is 0 Å². The van der Waals surface area contributed by atoms with Crippen LogP contribution in [0.4, 0.5) is 16.3 Å². The van der Waals surface area contributed by atoms with Gasteiger partial charge in [-0.05, 0) is 6.42 Å². The van der Waals surface area contributed by atoms with Crippen molar-refractivity contribution in [2.75, 3.05) is 18.0 Å². The SMILES string of the molecule is NN(C(=O)O)C1CCN(c2[nH]ncc2[N+](=O)[O-])CC(=O)C1. The molecule has 1 saturated heterocycles. The van der Waals surface area contributed by atoms with Crippen molar-refractivity contribution >= 4 is 23.4 Å². The van der Waals surface area contributed by atoms with E-state index in [1.807, 2.05) is 0 Å². The number of anilines is 1. The minimum absolute atomic E-state index is 0.0266. The fourth-order valence-corrected chi connectivity index (χ4v) is 2.25. The van der Waals surface area contributed by atoms with Crippen molar-refractivity contribution in [3.05, 3.63) is 16.3 Å². The molecule has 1 aromatic rings.